The van der Waals surface area contributed by atoms with Crippen molar-refractivity contribution in [3.05, 3.63) is 94.5 Å². The van der Waals surface area contributed by atoms with Crippen LogP contribution in [0.1, 0.15) is 16.4 Å². The van der Waals surface area contributed by atoms with Gasteiger partial charge in [-0.3, -0.25) is 0 Å². The Kier molecular flexibility index (Phi) is 5.05. The number of thioether (sulfide) groups is 1. The number of fused-ring (bicyclic) bond motifs is 1. The fourth-order valence-electron chi connectivity index (χ4n) is 2.97. The van der Waals surface area contributed by atoms with Gasteiger partial charge in [-0.05, 0) is 65.7 Å². The van der Waals surface area contributed by atoms with Crippen LogP contribution in [0.25, 0.3) is 5.70 Å². The second-order valence-electron chi connectivity index (χ2n) is 6.02. The van der Waals surface area contributed by atoms with Crippen LogP contribution in [0.3, 0.4) is 0 Å². The number of anilines is 1. The zero-order valence-electron chi connectivity index (χ0n) is 14.3. The Hall–Kier alpha value is -2.17. The van der Waals surface area contributed by atoms with Crippen LogP contribution in [-0.4, -0.2) is 7.11 Å². The average molecular weight is 424 g/mol. The molecule has 4 rings (SSSR count). The lowest BCUT2D eigenvalue weighted by molar-refractivity contribution is 0.415. The van der Waals surface area contributed by atoms with Gasteiger partial charge in [0.15, 0.2) is 0 Å². The summed E-state index contributed by atoms with van der Waals surface area (Å²) in [7, 11) is 1.69. The van der Waals surface area contributed by atoms with E-state index in [9.17, 15) is 0 Å². The van der Waals surface area contributed by atoms with Gasteiger partial charge in [-0.1, -0.05) is 40.2 Å². The van der Waals surface area contributed by atoms with Crippen LogP contribution < -0.4 is 10.1 Å². The highest BCUT2D eigenvalue weighted by molar-refractivity contribution is 9.10. The van der Waals surface area contributed by atoms with Gasteiger partial charge < -0.3 is 10.1 Å². The number of para-hydroxylation sites is 1. The van der Waals surface area contributed by atoms with Crippen molar-refractivity contribution in [1.82, 2.24) is 0 Å². The number of hydrogen-bond acceptors (Lipinski definition) is 3. The van der Waals surface area contributed by atoms with Crippen molar-refractivity contribution in [2.45, 2.75) is 10.1 Å². The summed E-state index contributed by atoms with van der Waals surface area (Å²) < 4.78 is 6.39. The van der Waals surface area contributed by atoms with Crippen LogP contribution in [-0.2, 0) is 0 Å². The molecule has 0 saturated heterocycles. The molecule has 1 aliphatic rings. The van der Waals surface area contributed by atoms with Gasteiger partial charge in [0.1, 0.15) is 5.75 Å². The molecular weight excluding hydrogens is 406 g/mol. The monoisotopic (exact) mass is 423 g/mol. The zero-order chi connectivity index (χ0) is 17.9. The highest BCUT2D eigenvalue weighted by atomic mass is 79.9. The van der Waals surface area contributed by atoms with Gasteiger partial charge in [-0.2, -0.15) is 0 Å². The Bertz CT molecular complexity index is 952. The molecule has 0 amide bonds. The SMILES string of the molecule is COc1ccc(C2=CC(c3cccc(Br)c3)Sc3ccccc3N2)cc1. The van der Waals surface area contributed by atoms with Crippen molar-refractivity contribution in [3.8, 4) is 5.75 Å². The molecule has 1 unspecified atom stereocenters. The summed E-state index contributed by atoms with van der Waals surface area (Å²) in [6.07, 6.45) is 2.30. The first kappa shape index (κ1) is 17.3. The maximum absolute atomic E-state index is 5.29. The number of ether oxygens (including phenoxy) is 1. The third kappa shape index (κ3) is 3.67. The molecule has 0 saturated carbocycles. The van der Waals surface area contributed by atoms with E-state index in [1.54, 1.807) is 7.11 Å². The summed E-state index contributed by atoms with van der Waals surface area (Å²) in [4.78, 5) is 1.25. The molecule has 4 heteroatoms. The normalized spacial score (nSPS) is 16.1. The third-order valence-electron chi connectivity index (χ3n) is 4.31. The Labute approximate surface area is 166 Å². The van der Waals surface area contributed by atoms with Crippen LogP contribution in [0.2, 0.25) is 0 Å². The largest absolute Gasteiger partial charge is 0.497 e. The summed E-state index contributed by atoms with van der Waals surface area (Å²) >= 11 is 5.46. The fourth-order valence-corrected chi connectivity index (χ4v) is 4.55. The summed E-state index contributed by atoms with van der Waals surface area (Å²) in [6, 6.07) is 25.1. The molecule has 130 valence electrons. The van der Waals surface area contributed by atoms with Crippen LogP contribution in [0.15, 0.2) is 88.2 Å². The highest BCUT2D eigenvalue weighted by Crippen LogP contribution is 2.45. The molecule has 1 atom stereocenters. The average Bonchev–Trinajstić information content (AvgIpc) is 2.88. The molecule has 1 aliphatic heterocycles. The van der Waals surface area contributed by atoms with E-state index in [2.05, 4.69) is 88.0 Å². The first-order valence-corrected chi connectivity index (χ1v) is 10.0. The van der Waals surface area contributed by atoms with E-state index in [1.165, 1.54) is 10.5 Å². The molecule has 0 fully saturated rings. The maximum Gasteiger partial charge on any atom is 0.118 e. The first-order valence-electron chi connectivity index (χ1n) is 8.37. The van der Waals surface area contributed by atoms with Crippen molar-refractivity contribution in [2.75, 3.05) is 12.4 Å². The minimum atomic E-state index is 0.223. The zero-order valence-corrected chi connectivity index (χ0v) is 16.7. The lowest BCUT2D eigenvalue weighted by Crippen LogP contribution is -1.99. The second kappa shape index (κ2) is 7.60. The van der Waals surface area contributed by atoms with Gasteiger partial charge in [-0.25, -0.2) is 0 Å². The van der Waals surface area contributed by atoms with Crippen molar-refractivity contribution < 1.29 is 4.74 Å². The Balaban J connectivity index is 1.79. The van der Waals surface area contributed by atoms with Crippen molar-refractivity contribution >= 4 is 39.1 Å². The first-order chi connectivity index (χ1) is 12.7. The Morgan fingerprint density at radius 2 is 1.77 bits per heavy atom. The van der Waals surface area contributed by atoms with Crippen LogP contribution >= 0.6 is 27.7 Å². The number of rotatable bonds is 3. The number of methoxy groups -OCH3 is 1. The van der Waals surface area contributed by atoms with Gasteiger partial charge >= 0.3 is 0 Å². The van der Waals surface area contributed by atoms with Crippen LogP contribution in [0, 0.1) is 0 Å². The summed E-state index contributed by atoms with van der Waals surface area (Å²) in [5.74, 6) is 0.862. The van der Waals surface area contributed by atoms with Crippen LogP contribution in [0.5, 0.6) is 5.75 Å². The molecule has 0 radical (unpaired) electrons. The Morgan fingerprint density at radius 1 is 0.962 bits per heavy atom. The van der Waals surface area contributed by atoms with Gasteiger partial charge in [0.05, 0.1) is 18.0 Å². The van der Waals surface area contributed by atoms with Crippen LogP contribution in [0.4, 0.5) is 5.69 Å². The minimum Gasteiger partial charge on any atom is -0.497 e. The number of nitrogens with one attached hydrogen (secondary N) is 1. The maximum atomic E-state index is 5.29. The topological polar surface area (TPSA) is 21.3 Å². The quantitative estimate of drug-likeness (QED) is 0.502. The van der Waals surface area contributed by atoms with Gasteiger partial charge in [0.2, 0.25) is 0 Å². The molecule has 2 nitrogen and oxygen atoms in total. The van der Waals surface area contributed by atoms with Gasteiger partial charge in [-0.15, -0.1) is 11.8 Å². The molecule has 1 heterocycles. The number of halogens is 1. The molecule has 0 aliphatic carbocycles. The molecule has 3 aromatic carbocycles. The van der Waals surface area contributed by atoms with E-state index >= 15 is 0 Å². The molecule has 0 bridgehead atoms. The standard InChI is InChI=1S/C22H18BrNOS/c1-25-18-11-9-15(10-12-18)20-14-22(16-5-4-6-17(23)13-16)26-21-8-3-2-7-19(21)24-20/h2-14,22,24H,1H3. The fraction of sp³-hybridized carbons (Fsp3) is 0.0909. The molecule has 1 N–H and O–H groups in total. The van der Waals surface area contributed by atoms with Crippen molar-refractivity contribution in [3.63, 3.8) is 0 Å². The van der Waals surface area contributed by atoms with E-state index < -0.39 is 0 Å². The molecule has 0 spiro atoms. The van der Waals surface area contributed by atoms with E-state index in [0.29, 0.717) is 0 Å². The number of hydrogen-bond donors (Lipinski definition) is 1. The lowest BCUT2D eigenvalue weighted by Gasteiger charge is -2.13. The molecule has 26 heavy (non-hydrogen) atoms. The molecule has 3 aromatic rings. The van der Waals surface area contributed by atoms with Crippen molar-refractivity contribution in [2.24, 2.45) is 0 Å². The van der Waals surface area contributed by atoms with Gasteiger partial charge in [0.25, 0.3) is 0 Å². The predicted molar refractivity (Wildman–Crippen MR) is 114 cm³/mol. The second-order valence-corrected chi connectivity index (χ2v) is 8.12. The summed E-state index contributed by atoms with van der Waals surface area (Å²) in [5.41, 5.74) is 4.66. The minimum absolute atomic E-state index is 0.223. The van der Waals surface area contributed by atoms with E-state index in [1.807, 2.05) is 23.9 Å². The smallest absolute Gasteiger partial charge is 0.118 e. The van der Waals surface area contributed by atoms with E-state index in [4.69, 9.17) is 4.74 Å². The van der Waals surface area contributed by atoms with Crippen molar-refractivity contribution in [1.29, 1.82) is 0 Å². The Morgan fingerprint density at radius 3 is 2.54 bits per heavy atom. The van der Waals surface area contributed by atoms with E-state index in [0.717, 1.165) is 27.2 Å². The lowest BCUT2D eigenvalue weighted by atomic mass is 10.1. The third-order valence-corrected chi connectivity index (χ3v) is 6.07. The molecular formula is C22H18BrNOS. The highest BCUT2D eigenvalue weighted by Gasteiger charge is 2.19. The summed E-state index contributed by atoms with van der Waals surface area (Å²) in [6.45, 7) is 0. The number of benzene rings is 3. The summed E-state index contributed by atoms with van der Waals surface area (Å²) in [5, 5.41) is 3.84. The van der Waals surface area contributed by atoms with E-state index in [-0.39, 0.29) is 5.25 Å². The van der Waals surface area contributed by atoms with Gasteiger partial charge in [0, 0.05) is 15.1 Å². The predicted octanol–water partition coefficient (Wildman–Crippen LogP) is 6.76. The molecule has 0 aromatic heterocycles.